The van der Waals surface area contributed by atoms with E-state index in [4.69, 9.17) is 0 Å². The summed E-state index contributed by atoms with van der Waals surface area (Å²) < 4.78 is 1.76. The van der Waals surface area contributed by atoms with Crippen molar-refractivity contribution in [3.8, 4) is 0 Å². The van der Waals surface area contributed by atoms with Crippen LogP contribution >= 0.6 is 0 Å². The second-order valence-electron chi connectivity index (χ2n) is 7.44. The smallest absolute Gasteiger partial charge is 0.319 e. The zero-order valence-corrected chi connectivity index (χ0v) is 16.8. The molecule has 3 N–H and O–H groups in total. The quantitative estimate of drug-likeness (QED) is 0.701. The summed E-state index contributed by atoms with van der Waals surface area (Å²) in [6.45, 7) is 3.96. The van der Waals surface area contributed by atoms with Gasteiger partial charge in [0.2, 0.25) is 5.91 Å². The van der Waals surface area contributed by atoms with E-state index in [0.717, 1.165) is 49.0 Å². The Hall–Kier alpha value is -2.83. The second kappa shape index (κ2) is 8.91. The molecule has 0 radical (unpaired) electrons. The van der Waals surface area contributed by atoms with Crippen LogP contribution in [-0.2, 0) is 11.8 Å². The minimum atomic E-state index is -0.287. The molecule has 1 aromatic heterocycles. The van der Waals surface area contributed by atoms with Crippen molar-refractivity contribution in [3.05, 3.63) is 41.7 Å². The fraction of sp³-hybridized carbons (Fsp3) is 0.476. The number of amides is 3. The highest BCUT2D eigenvalue weighted by molar-refractivity contribution is 5.95. The highest BCUT2D eigenvalue weighted by Gasteiger charge is 2.23. The number of nitrogens with one attached hydrogen (secondary N) is 3. The molecule has 150 valence electrons. The van der Waals surface area contributed by atoms with Gasteiger partial charge in [-0.15, -0.1) is 0 Å². The molecule has 7 heteroatoms. The molecule has 1 unspecified atom stereocenters. The molecule has 1 aliphatic rings. The van der Waals surface area contributed by atoms with Crippen LogP contribution in [0, 0.1) is 12.8 Å². The molecule has 1 fully saturated rings. The summed E-state index contributed by atoms with van der Waals surface area (Å²) in [7, 11) is 1.86. The van der Waals surface area contributed by atoms with Crippen molar-refractivity contribution < 1.29 is 9.59 Å². The number of hydrogen-bond acceptors (Lipinski definition) is 3. The van der Waals surface area contributed by atoms with Crippen molar-refractivity contribution in [3.63, 3.8) is 0 Å². The van der Waals surface area contributed by atoms with Crippen LogP contribution in [0.3, 0.4) is 0 Å². The van der Waals surface area contributed by atoms with Crippen molar-refractivity contribution in [2.24, 2.45) is 13.0 Å². The summed E-state index contributed by atoms with van der Waals surface area (Å²) in [5, 5.41) is 13.0. The van der Waals surface area contributed by atoms with E-state index in [9.17, 15) is 9.59 Å². The van der Waals surface area contributed by atoms with Gasteiger partial charge in [0.15, 0.2) is 0 Å². The van der Waals surface area contributed by atoms with Crippen LogP contribution in [0.5, 0.6) is 0 Å². The van der Waals surface area contributed by atoms with Gasteiger partial charge in [-0.2, -0.15) is 5.10 Å². The van der Waals surface area contributed by atoms with Gasteiger partial charge in [0.05, 0.1) is 11.7 Å². The van der Waals surface area contributed by atoms with Crippen LogP contribution in [0.2, 0.25) is 0 Å². The Bertz CT molecular complexity index is 839. The summed E-state index contributed by atoms with van der Waals surface area (Å²) in [5.41, 5.74) is 3.31. The van der Waals surface area contributed by atoms with Crippen LogP contribution in [-0.4, -0.2) is 21.7 Å². The first-order valence-electron chi connectivity index (χ1n) is 9.95. The second-order valence-corrected chi connectivity index (χ2v) is 7.44. The van der Waals surface area contributed by atoms with Crippen LogP contribution in [0.1, 0.15) is 56.3 Å². The Labute approximate surface area is 165 Å². The Morgan fingerprint density at radius 3 is 2.61 bits per heavy atom. The van der Waals surface area contributed by atoms with Gasteiger partial charge in [-0.3, -0.25) is 9.48 Å². The Morgan fingerprint density at radius 1 is 1.21 bits per heavy atom. The van der Waals surface area contributed by atoms with Crippen LogP contribution in [0.15, 0.2) is 30.5 Å². The number of urea groups is 1. The van der Waals surface area contributed by atoms with E-state index in [2.05, 4.69) is 21.0 Å². The third kappa shape index (κ3) is 4.71. The molecule has 7 nitrogen and oxygen atoms in total. The monoisotopic (exact) mass is 383 g/mol. The number of aryl methyl sites for hydroxylation is 2. The Kier molecular flexibility index (Phi) is 6.34. The van der Waals surface area contributed by atoms with E-state index < -0.39 is 0 Å². The van der Waals surface area contributed by atoms with Crippen molar-refractivity contribution in [2.45, 2.75) is 52.0 Å². The largest absolute Gasteiger partial charge is 0.330 e. The van der Waals surface area contributed by atoms with E-state index in [-0.39, 0.29) is 23.9 Å². The predicted octanol–water partition coefficient (Wildman–Crippen LogP) is 4.13. The first-order chi connectivity index (χ1) is 13.5. The number of benzene rings is 1. The van der Waals surface area contributed by atoms with Gasteiger partial charge in [0, 0.05) is 30.5 Å². The molecule has 3 amide bonds. The van der Waals surface area contributed by atoms with Gasteiger partial charge >= 0.3 is 6.03 Å². The van der Waals surface area contributed by atoms with Gasteiger partial charge in [0.1, 0.15) is 0 Å². The number of anilines is 2. The Balaban J connectivity index is 1.64. The lowest BCUT2D eigenvalue weighted by molar-refractivity contribution is -0.119. The molecule has 0 saturated heterocycles. The van der Waals surface area contributed by atoms with Crippen LogP contribution in [0.4, 0.5) is 16.2 Å². The summed E-state index contributed by atoms with van der Waals surface area (Å²) >= 11 is 0. The highest BCUT2D eigenvalue weighted by atomic mass is 16.2. The molecule has 0 spiro atoms. The standard InChI is InChI=1S/C21H29N5O2/c1-4-17(19-11-12-22-26(19)3)25-21(28)23-16-10-9-14(2)18(13-16)24-20(27)15-7-5-6-8-15/h9-13,15,17H,4-8H2,1-3H3,(H,24,27)(H2,23,25,28). The van der Waals surface area contributed by atoms with Gasteiger partial charge in [-0.05, 0) is 49.9 Å². The molecule has 1 aromatic carbocycles. The molecule has 1 atom stereocenters. The average molecular weight is 383 g/mol. The third-order valence-electron chi connectivity index (χ3n) is 5.41. The lowest BCUT2D eigenvalue weighted by Gasteiger charge is -2.18. The topological polar surface area (TPSA) is 88.1 Å². The van der Waals surface area contributed by atoms with E-state index in [1.54, 1.807) is 10.9 Å². The number of nitrogens with zero attached hydrogens (tertiary/aromatic N) is 2. The SMILES string of the molecule is CCC(NC(=O)Nc1ccc(C)c(NC(=O)C2CCCC2)c1)c1ccnn1C. The van der Waals surface area contributed by atoms with Crippen molar-refractivity contribution >= 4 is 23.3 Å². The minimum Gasteiger partial charge on any atom is -0.330 e. The molecule has 1 heterocycles. The maximum Gasteiger partial charge on any atom is 0.319 e. The maximum atomic E-state index is 12.5. The molecule has 1 saturated carbocycles. The fourth-order valence-electron chi connectivity index (χ4n) is 3.69. The summed E-state index contributed by atoms with van der Waals surface area (Å²) in [6.07, 6.45) is 6.62. The predicted molar refractivity (Wildman–Crippen MR) is 110 cm³/mol. The lowest BCUT2D eigenvalue weighted by atomic mass is 10.1. The first kappa shape index (κ1) is 19.9. The zero-order chi connectivity index (χ0) is 20.1. The van der Waals surface area contributed by atoms with E-state index in [1.165, 1.54) is 0 Å². The first-order valence-corrected chi connectivity index (χ1v) is 9.95. The van der Waals surface area contributed by atoms with Gasteiger partial charge in [-0.1, -0.05) is 25.8 Å². The number of hydrogen-bond donors (Lipinski definition) is 3. The van der Waals surface area contributed by atoms with Crippen LogP contribution < -0.4 is 16.0 Å². The molecule has 0 bridgehead atoms. The maximum absolute atomic E-state index is 12.5. The average Bonchev–Trinajstić information content (AvgIpc) is 3.34. The van der Waals surface area contributed by atoms with Crippen molar-refractivity contribution in [2.75, 3.05) is 10.6 Å². The van der Waals surface area contributed by atoms with Crippen LogP contribution in [0.25, 0.3) is 0 Å². The van der Waals surface area contributed by atoms with E-state index in [1.807, 2.05) is 45.2 Å². The third-order valence-corrected chi connectivity index (χ3v) is 5.41. The molecule has 1 aliphatic carbocycles. The molecular weight excluding hydrogens is 354 g/mol. The number of carbonyl (C=O) groups excluding carboxylic acids is 2. The molecule has 28 heavy (non-hydrogen) atoms. The number of carbonyl (C=O) groups is 2. The Morgan fingerprint density at radius 2 is 1.96 bits per heavy atom. The highest BCUT2D eigenvalue weighted by Crippen LogP contribution is 2.27. The summed E-state index contributed by atoms with van der Waals surface area (Å²) in [6, 6.07) is 7.04. The van der Waals surface area contributed by atoms with Gasteiger partial charge in [-0.25, -0.2) is 4.79 Å². The minimum absolute atomic E-state index is 0.0736. The van der Waals surface area contributed by atoms with Crippen molar-refractivity contribution in [1.29, 1.82) is 0 Å². The molecular formula is C21H29N5O2. The van der Waals surface area contributed by atoms with Gasteiger partial charge < -0.3 is 16.0 Å². The summed E-state index contributed by atoms with van der Waals surface area (Å²) in [4.78, 5) is 24.9. The molecule has 3 rings (SSSR count). The van der Waals surface area contributed by atoms with Crippen molar-refractivity contribution in [1.82, 2.24) is 15.1 Å². The van der Waals surface area contributed by atoms with Gasteiger partial charge in [0.25, 0.3) is 0 Å². The zero-order valence-electron chi connectivity index (χ0n) is 16.8. The lowest BCUT2D eigenvalue weighted by Crippen LogP contribution is -2.33. The molecule has 0 aliphatic heterocycles. The number of rotatable bonds is 6. The molecule has 2 aromatic rings. The normalized spacial score (nSPS) is 15.2. The van der Waals surface area contributed by atoms with E-state index in [0.29, 0.717) is 5.69 Å². The fourth-order valence-corrected chi connectivity index (χ4v) is 3.69. The van der Waals surface area contributed by atoms with E-state index >= 15 is 0 Å². The number of aromatic nitrogens is 2. The summed E-state index contributed by atoms with van der Waals surface area (Å²) in [5.74, 6) is 0.174.